The van der Waals surface area contributed by atoms with Crippen LogP contribution in [-0.2, 0) is 16.8 Å². The van der Waals surface area contributed by atoms with Gasteiger partial charge in [0.05, 0.1) is 16.2 Å². The molecule has 3 aromatic carbocycles. The molecule has 1 aliphatic heterocycles. The van der Waals surface area contributed by atoms with Gasteiger partial charge in [-0.2, -0.15) is 0 Å². The molecule has 6 nitrogen and oxygen atoms in total. The van der Waals surface area contributed by atoms with Crippen molar-refractivity contribution in [1.29, 1.82) is 0 Å². The number of aromatic nitrogens is 2. The molecule has 1 amide bonds. The summed E-state index contributed by atoms with van der Waals surface area (Å²) in [5, 5.41) is 3.91. The molecule has 1 aromatic heterocycles. The lowest BCUT2D eigenvalue weighted by molar-refractivity contribution is 0.0845. The van der Waals surface area contributed by atoms with Gasteiger partial charge in [0.1, 0.15) is 18.8 Å². The number of nitrogens with zero attached hydrogens (tertiary/aromatic N) is 3. The zero-order valence-electron chi connectivity index (χ0n) is 19.5. The van der Waals surface area contributed by atoms with Crippen LogP contribution in [0.5, 0.6) is 0 Å². The lowest BCUT2D eigenvalue weighted by Crippen LogP contribution is -2.42. The summed E-state index contributed by atoms with van der Waals surface area (Å²) in [5.74, 6) is 0.492. The number of hydrogen-bond donors (Lipinski definition) is 1. The molecule has 1 saturated carbocycles. The van der Waals surface area contributed by atoms with E-state index in [4.69, 9.17) is 16.3 Å². The minimum Gasteiger partial charge on any atom is -0.445 e. The highest BCUT2D eigenvalue weighted by atomic mass is 35.5. The minimum atomic E-state index is -0.528. The second-order valence-electron chi connectivity index (χ2n) is 9.49. The molecule has 182 valence electrons. The van der Waals surface area contributed by atoms with Crippen LogP contribution in [0.2, 0.25) is 5.02 Å². The van der Waals surface area contributed by atoms with Crippen molar-refractivity contribution in [1.82, 2.24) is 14.9 Å². The summed E-state index contributed by atoms with van der Waals surface area (Å²) in [6, 6.07) is 20.6. The van der Waals surface area contributed by atoms with Crippen molar-refractivity contribution in [3.63, 3.8) is 0 Å². The Morgan fingerprint density at radius 1 is 1.14 bits per heavy atom. The van der Waals surface area contributed by atoms with E-state index in [2.05, 4.69) is 27.4 Å². The van der Waals surface area contributed by atoms with E-state index in [1.165, 1.54) is 12.4 Å². The maximum Gasteiger partial charge on any atom is 0.410 e. The molecule has 1 unspecified atom stereocenters. The van der Waals surface area contributed by atoms with Gasteiger partial charge >= 0.3 is 6.09 Å². The van der Waals surface area contributed by atoms with Gasteiger partial charge in [0.15, 0.2) is 5.82 Å². The van der Waals surface area contributed by atoms with E-state index >= 15 is 0 Å². The van der Waals surface area contributed by atoms with Gasteiger partial charge < -0.3 is 15.0 Å². The summed E-state index contributed by atoms with van der Waals surface area (Å²) in [5.41, 5.74) is 2.98. The Kier molecular flexibility index (Phi) is 5.72. The molecule has 1 aliphatic carbocycles. The number of rotatable bonds is 5. The van der Waals surface area contributed by atoms with Gasteiger partial charge in [0.2, 0.25) is 0 Å². The Hall–Kier alpha value is -3.71. The van der Waals surface area contributed by atoms with Crippen LogP contribution in [0.3, 0.4) is 0 Å². The fourth-order valence-electron chi connectivity index (χ4n) is 5.29. The monoisotopic (exact) mass is 502 g/mol. The number of halogens is 2. The SMILES string of the molecule is O=C(OCc1ccccc1)N1CCC2C[C@]2(c2ccc3ncnc(Nc4cccc(Cl)c4F)c3c2)C1. The standard InChI is InChI=1S/C28H24ClFN4O2/c29-22-7-4-8-24(25(22)30)33-26-21-13-19(9-10-23(21)31-17-32-26)28-14-20(28)11-12-34(16-28)27(35)36-15-18-5-2-1-3-6-18/h1-10,13,17,20H,11-12,14-16H2,(H,31,32,33)/t20?,28-/m1/s1. The molecule has 2 aliphatic rings. The van der Waals surface area contributed by atoms with Gasteiger partial charge in [0, 0.05) is 23.9 Å². The quantitative estimate of drug-likeness (QED) is 0.339. The molecule has 0 radical (unpaired) electrons. The second-order valence-corrected chi connectivity index (χ2v) is 9.90. The molecule has 2 fully saturated rings. The van der Waals surface area contributed by atoms with Crippen LogP contribution in [0.15, 0.2) is 73.1 Å². The highest BCUT2D eigenvalue weighted by Crippen LogP contribution is 2.59. The molecule has 1 N–H and O–H groups in total. The topological polar surface area (TPSA) is 67.3 Å². The van der Waals surface area contributed by atoms with Crippen molar-refractivity contribution in [2.45, 2.75) is 24.9 Å². The van der Waals surface area contributed by atoms with Gasteiger partial charge in [0.25, 0.3) is 0 Å². The van der Waals surface area contributed by atoms with Crippen molar-refractivity contribution in [2.24, 2.45) is 5.92 Å². The second kappa shape index (κ2) is 9.06. The summed E-state index contributed by atoms with van der Waals surface area (Å²) in [7, 11) is 0. The number of ether oxygens (including phenoxy) is 1. The highest BCUT2D eigenvalue weighted by molar-refractivity contribution is 6.31. The van der Waals surface area contributed by atoms with Crippen LogP contribution >= 0.6 is 11.6 Å². The first-order valence-electron chi connectivity index (χ1n) is 12.0. The molecule has 2 heterocycles. The summed E-state index contributed by atoms with van der Waals surface area (Å²) in [6.07, 6.45) is 3.12. The Labute approximate surface area is 213 Å². The van der Waals surface area contributed by atoms with Crippen molar-refractivity contribution in [3.8, 4) is 0 Å². The lowest BCUT2D eigenvalue weighted by atomic mass is 9.88. The van der Waals surface area contributed by atoms with Gasteiger partial charge in [-0.15, -0.1) is 0 Å². The highest BCUT2D eigenvalue weighted by Gasteiger charge is 2.58. The first-order chi connectivity index (χ1) is 17.5. The Morgan fingerprint density at radius 3 is 2.86 bits per heavy atom. The number of fused-ring (bicyclic) bond motifs is 2. The number of piperidine rings is 1. The normalized spacial score (nSPS) is 20.6. The number of benzene rings is 3. The van der Waals surface area contributed by atoms with E-state index < -0.39 is 5.82 Å². The molecule has 2 atom stereocenters. The molecule has 36 heavy (non-hydrogen) atoms. The summed E-state index contributed by atoms with van der Waals surface area (Å²) >= 11 is 5.96. The number of amides is 1. The Balaban J connectivity index is 1.25. The Morgan fingerprint density at radius 2 is 2.00 bits per heavy atom. The summed E-state index contributed by atoms with van der Waals surface area (Å²) < 4.78 is 20.1. The third-order valence-corrected chi connectivity index (χ3v) is 7.62. The van der Waals surface area contributed by atoms with E-state index in [9.17, 15) is 9.18 Å². The van der Waals surface area contributed by atoms with Gasteiger partial charge in [-0.3, -0.25) is 0 Å². The molecule has 6 rings (SSSR count). The van der Waals surface area contributed by atoms with Crippen LogP contribution in [0.1, 0.15) is 24.0 Å². The van der Waals surface area contributed by atoms with Crippen LogP contribution in [0.4, 0.5) is 20.7 Å². The minimum absolute atomic E-state index is 0.0419. The number of hydrogen-bond acceptors (Lipinski definition) is 5. The molecule has 0 bridgehead atoms. The van der Waals surface area contributed by atoms with E-state index in [1.807, 2.05) is 41.3 Å². The third kappa shape index (κ3) is 4.13. The smallest absolute Gasteiger partial charge is 0.410 e. The van der Waals surface area contributed by atoms with Gasteiger partial charge in [-0.05, 0) is 54.2 Å². The predicted octanol–water partition coefficient (Wildman–Crippen LogP) is 6.47. The van der Waals surface area contributed by atoms with Crippen molar-refractivity contribution in [3.05, 3.63) is 95.0 Å². The zero-order valence-corrected chi connectivity index (χ0v) is 20.2. The van der Waals surface area contributed by atoms with E-state index in [1.54, 1.807) is 12.1 Å². The summed E-state index contributed by atoms with van der Waals surface area (Å²) in [4.78, 5) is 23.4. The zero-order chi connectivity index (χ0) is 24.7. The number of nitrogens with one attached hydrogen (secondary N) is 1. The maximum atomic E-state index is 14.5. The van der Waals surface area contributed by atoms with Crippen LogP contribution in [0, 0.1) is 11.7 Å². The first-order valence-corrected chi connectivity index (χ1v) is 12.3. The van der Waals surface area contributed by atoms with Crippen LogP contribution in [0.25, 0.3) is 10.9 Å². The average molecular weight is 503 g/mol. The number of carbonyl (C=O) groups is 1. The average Bonchev–Trinajstić information content (AvgIpc) is 3.66. The molecule has 0 spiro atoms. The number of anilines is 2. The molecule has 1 saturated heterocycles. The summed E-state index contributed by atoms with van der Waals surface area (Å²) in [6.45, 7) is 1.56. The third-order valence-electron chi connectivity index (χ3n) is 7.33. The fraction of sp³-hybridized carbons (Fsp3) is 0.250. The van der Waals surface area contributed by atoms with Crippen molar-refractivity contribution in [2.75, 3.05) is 18.4 Å². The fourth-order valence-corrected chi connectivity index (χ4v) is 5.46. The van der Waals surface area contributed by atoms with Crippen molar-refractivity contribution < 1.29 is 13.9 Å². The van der Waals surface area contributed by atoms with Crippen LogP contribution < -0.4 is 5.32 Å². The van der Waals surface area contributed by atoms with E-state index in [-0.39, 0.29) is 28.8 Å². The van der Waals surface area contributed by atoms with Gasteiger partial charge in [-0.25, -0.2) is 19.2 Å². The van der Waals surface area contributed by atoms with E-state index in [0.29, 0.717) is 24.8 Å². The Bertz CT molecular complexity index is 1450. The molecule has 8 heteroatoms. The van der Waals surface area contributed by atoms with Gasteiger partial charge in [-0.1, -0.05) is 54.1 Å². The lowest BCUT2D eigenvalue weighted by Gasteiger charge is -2.32. The maximum absolute atomic E-state index is 14.5. The number of carbonyl (C=O) groups excluding carboxylic acids is 1. The van der Waals surface area contributed by atoms with Crippen LogP contribution in [-0.4, -0.2) is 34.1 Å². The van der Waals surface area contributed by atoms with E-state index in [0.717, 1.165) is 34.9 Å². The molecular formula is C28H24ClFN4O2. The first kappa shape index (κ1) is 22.7. The van der Waals surface area contributed by atoms with Crippen molar-refractivity contribution >= 4 is 40.1 Å². The number of likely N-dealkylation sites (tertiary alicyclic amines) is 1. The molecule has 4 aromatic rings. The largest absolute Gasteiger partial charge is 0.445 e. The predicted molar refractivity (Wildman–Crippen MR) is 137 cm³/mol. The molecular weight excluding hydrogens is 479 g/mol.